The Morgan fingerprint density at radius 3 is 3.17 bits per heavy atom. The van der Waals surface area contributed by atoms with Gasteiger partial charge in [-0.2, -0.15) is 0 Å². The highest BCUT2D eigenvalue weighted by Crippen LogP contribution is 2.31. The molecule has 0 amide bonds. The summed E-state index contributed by atoms with van der Waals surface area (Å²) in [5.41, 5.74) is 2.36. The summed E-state index contributed by atoms with van der Waals surface area (Å²) < 4.78 is 1.23. The number of piperidine rings is 1. The van der Waals surface area contributed by atoms with E-state index in [1.54, 1.807) is 17.7 Å². The molecule has 0 aliphatic carbocycles. The molecule has 1 atom stereocenters. The Hall–Kier alpha value is -1.20. The summed E-state index contributed by atoms with van der Waals surface area (Å²) in [6.07, 6.45) is 4.17. The van der Waals surface area contributed by atoms with Crippen LogP contribution >= 0.6 is 11.3 Å². The topological polar surface area (TPSA) is 41.0 Å². The van der Waals surface area contributed by atoms with E-state index < -0.39 is 0 Å². The molecule has 1 aliphatic heterocycles. The second-order valence-electron chi connectivity index (χ2n) is 4.87. The highest BCUT2D eigenvalue weighted by atomic mass is 32.1. The Kier molecular flexibility index (Phi) is 3.18. The number of aromatic nitrogens is 2. The van der Waals surface area contributed by atoms with Gasteiger partial charge in [0.2, 0.25) is 0 Å². The van der Waals surface area contributed by atoms with E-state index in [9.17, 15) is 0 Å². The highest BCUT2D eigenvalue weighted by molar-refractivity contribution is 7.18. The molecule has 1 aliphatic rings. The summed E-state index contributed by atoms with van der Waals surface area (Å²) in [5.74, 6) is 1.11. The third-order valence-electron chi connectivity index (χ3n) is 3.64. The number of hydrogen-bond donors (Lipinski definition) is 1. The molecule has 0 spiro atoms. The monoisotopic (exact) mass is 262 g/mol. The normalized spacial score (nSPS) is 20.6. The van der Waals surface area contributed by atoms with Crippen LogP contribution in [0.4, 0.5) is 5.82 Å². The maximum atomic E-state index is 4.51. The molecule has 0 bridgehead atoms. The van der Waals surface area contributed by atoms with Crippen LogP contribution in [-0.2, 0) is 0 Å². The van der Waals surface area contributed by atoms with Crippen molar-refractivity contribution >= 4 is 27.4 Å². The molecule has 0 radical (unpaired) electrons. The molecule has 1 saturated heterocycles. The van der Waals surface area contributed by atoms with Gasteiger partial charge in [0.05, 0.1) is 10.2 Å². The first kappa shape index (κ1) is 11.9. The third kappa shape index (κ3) is 1.97. The lowest BCUT2D eigenvalue weighted by atomic mass is 10.1. The second-order valence-corrected chi connectivity index (χ2v) is 5.75. The molecule has 0 aromatic carbocycles. The maximum absolute atomic E-state index is 4.51. The molecule has 1 N–H and O–H groups in total. The first-order valence-electron chi connectivity index (χ1n) is 6.40. The second kappa shape index (κ2) is 4.82. The van der Waals surface area contributed by atoms with E-state index >= 15 is 0 Å². The molecule has 2 aromatic heterocycles. The zero-order valence-electron chi connectivity index (χ0n) is 10.8. The van der Waals surface area contributed by atoms with Gasteiger partial charge < -0.3 is 10.2 Å². The summed E-state index contributed by atoms with van der Waals surface area (Å²) in [6.45, 7) is 4.25. The molecule has 1 unspecified atom stereocenters. The van der Waals surface area contributed by atoms with E-state index in [0.717, 1.165) is 24.4 Å². The van der Waals surface area contributed by atoms with E-state index in [2.05, 4.69) is 32.5 Å². The lowest BCUT2D eigenvalue weighted by molar-refractivity contribution is 0.448. The maximum Gasteiger partial charge on any atom is 0.150 e. The lowest BCUT2D eigenvalue weighted by Gasteiger charge is -2.33. The van der Waals surface area contributed by atoms with Gasteiger partial charge in [-0.05, 0) is 37.8 Å². The van der Waals surface area contributed by atoms with Crippen molar-refractivity contribution in [3.63, 3.8) is 0 Å². The Balaban J connectivity index is 1.98. The molecule has 3 rings (SSSR count). The molecular weight excluding hydrogens is 244 g/mol. The largest absolute Gasteiger partial charge is 0.354 e. The molecule has 96 valence electrons. The zero-order valence-corrected chi connectivity index (χ0v) is 11.6. The summed E-state index contributed by atoms with van der Waals surface area (Å²) in [5, 5.41) is 5.54. The van der Waals surface area contributed by atoms with Crippen molar-refractivity contribution < 1.29 is 0 Å². The van der Waals surface area contributed by atoms with Gasteiger partial charge in [-0.1, -0.05) is 0 Å². The van der Waals surface area contributed by atoms with Crippen molar-refractivity contribution in [3.8, 4) is 0 Å². The minimum Gasteiger partial charge on any atom is -0.354 e. The van der Waals surface area contributed by atoms with Gasteiger partial charge in [0, 0.05) is 19.1 Å². The average Bonchev–Trinajstić information content (AvgIpc) is 2.81. The third-order valence-corrected chi connectivity index (χ3v) is 4.72. The van der Waals surface area contributed by atoms with Crippen LogP contribution in [0.5, 0.6) is 0 Å². The van der Waals surface area contributed by atoms with Gasteiger partial charge in [0.25, 0.3) is 0 Å². The van der Waals surface area contributed by atoms with Crippen molar-refractivity contribution in [2.45, 2.75) is 25.8 Å². The van der Waals surface area contributed by atoms with Crippen LogP contribution < -0.4 is 10.2 Å². The van der Waals surface area contributed by atoms with E-state index in [4.69, 9.17) is 0 Å². The summed E-state index contributed by atoms with van der Waals surface area (Å²) >= 11 is 1.76. The van der Waals surface area contributed by atoms with Crippen molar-refractivity contribution in [1.29, 1.82) is 0 Å². The van der Waals surface area contributed by atoms with Crippen LogP contribution in [0.25, 0.3) is 10.2 Å². The first-order valence-corrected chi connectivity index (χ1v) is 7.28. The van der Waals surface area contributed by atoms with E-state index in [0.29, 0.717) is 6.04 Å². The van der Waals surface area contributed by atoms with Crippen LogP contribution in [0.3, 0.4) is 0 Å². The molecule has 2 aromatic rings. The SMILES string of the molecule is CNC1CCCN(c2ncnc3c(C)csc23)C1. The van der Waals surface area contributed by atoms with Crippen LogP contribution in [0.15, 0.2) is 11.7 Å². The minimum atomic E-state index is 0.574. The van der Waals surface area contributed by atoms with Gasteiger partial charge in [-0.15, -0.1) is 11.3 Å². The van der Waals surface area contributed by atoms with Crippen LogP contribution in [-0.4, -0.2) is 36.1 Å². The van der Waals surface area contributed by atoms with Crippen LogP contribution in [0, 0.1) is 6.92 Å². The van der Waals surface area contributed by atoms with Crippen LogP contribution in [0.1, 0.15) is 18.4 Å². The average molecular weight is 262 g/mol. The number of rotatable bonds is 2. The predicted molar refractivity (Wildman–Crippen MR) is 76.4 cm³/mol. The lowest BCUT2D eigenvalue weighted by Crippen LogP contribution is -2.44. The Morgan fingerprint density at radius 2 is 2.33 bits per heavy atom. The van der Waals surface area contributed by atoms with Gasteiger partial charge in [-0.3, -0.25) is 0 Å². The fourth-order valence-corrected chi connectivity index (χ4v) is 3.61. The summed E-state index contributed by atoms with van der Waals surface area (Å²) in [7, 11) is 2.04. The van der Waals surface area contributed by atoms with E-state index in [1.165, 1.54) is 23.1 Å². The molecule has 18 heavy (non-hydrogen) atoms. The van der Waals surface area contributed by atoms with Gasteiger partial charge in [-0.25, -0.2) is 9.97 Å². The van der Waals surface area contributed by atoms with Gasteiger partial charge >= 0.3 is 0 Å². The first-order chi connectivity index (χ1) is 8.79. The number of hydrogen-bond acceptors (Lipinski definition) is 5. The number of likely N-dealkylation sites (N-methyl/N-ethyl adjacent to an activating group) is 1. The van der Waals surface area contributed by atoms with Gasteiger partial charge in [0.1, 0.15) is 12.1 Å². The zero-order chi connectivity index (χ0) is 12.5. The van der Waals surface area contributed by atoms with Gasteiger partial charge in [0.15, 0.2) is 0 Å². The smallest absolute Gasteiger partial charge is 0.150 e. The quantitative estimate of drug-likeness (QED) is 0.900. The number of anilines is 1. The van der Waals surface area contributed by atoms with Crippen LogP contribution in [0.2, 0.25) is 0 Å². The Morgan fingerprint density at radius 1 is 1.44 bits per heavy atom. The summed E-state index contributed by atoms with van der Waals surface area (Å²) in [4.78, 5) is 11.3. The minimum absolute atomic E-state index is 0.574. The molecule has 3 heterocycles. The Labute approximate surface area is 111 Å². The molecular formula is C13H18N4S. The standard InChI is InChI=1S/C13H18N4S/c1-9-7-18-12-11(9)15-8-16-13(12)17-5-3-4-10(6-17)14-2/h7-8,10,14H,3-6H2,1-2H3. The highest BCUT2D eigenvalue weighted by Gasteiger charge is 2.22. The fourth-order valence-electron chi connectivity index (χ4n) is 2.59. The molecule has 5 heteroatoms. The van der Waals surface area contributed by atoms with Crippen molar-refractivity contribution in [2.24, 2.45) is 0 Å². The Bertz CT molecular complexity index is 551. The number of thiophene rings is 1. The predicted octanol–water partition coefficient (Wildman–Crippen LogP) is 2.19. The van der Waals surface area contributed by atoms with E-state index in [-0.39, 0.29) is 0 Å². The molecule has 4 nitrogen and oxygen atoms in total. The summed E-state index contributed by atoms with van der Waals surface area (Å²) in [6, 6.07) is 0.574. The van der Waals surface area contributed by atoms with Crippen molar-refractivity contribution in [3.05, 3.63) is 17.3 Å². The number of aryl methyl sites for hydroxylation is 1. The molecule has 1 fully saturated rings. The fraction of sp³-hybridized carbons (Fsp3) is 0.538. The number of fused-ring (bicyclic) bond motifs is 1. The number of nitrogens with zero attached hydrogens (tertiary/aromatic N) is 3. The van der Waals surface area contributed by atoms with E-state index in [1.807, 2.05) is 7.05 Å². The molecule has 0 saturated carbocycles. The van der Waals surface area contributed by atoms with Crippen molar-refractivity contribution in [1.82, 2.24) is 15.3 Å². The van der Waals surface area contributed by atoms with Crippen molar-refractivity contribution in [2.75, 3.05) is 25.0 Å². The number of nitrogens with one attached hydrogen (secondary N) is 1.